The van der Waals surface area contributed by atoms with Gasteiger partial charge in [0.15, 0.2) is 5.58 Å². The molecule has 3 heterocycles. The summed E-state index contributed by atoms with van der Waals surface area (Å²) in [5.41, 5.74) is 5.62. The fourth-order valence-corrected chi connectivity index (χ4v) is 5.15. The average molecular weight is 588 g/mol. The highest BCUT2D eigenvalue weighted by molar-refractivity contribution is 5.95. The van der Waals surface area contributed by atoms with Crippen LogP contribution in [0.4, 0.5) is 10.6 Å². The highest BCUT2D eigenvalue weighted by Crippen LogP contribution is 2.32. The first kappa shape index (κ1) is 28.4. The molecule has 0 aliphatic carbocycles. The summed E-state index contributed by atoms with van der Waals surface area (Å²) in [5, 5.41) is 12.2. The van der Waals surface area contributed by atoms with Gasteiger partial charge in [0.2, 0.25) is 5.89 Å². The number of fused-ring (bicyclic) bond motifs is 1. The summed E-state index contributed by atoms with van der Waals surface area (Å²) in [5.74, 6) is 1.45. The number of hydrogen-bond donors (Lipinski definition) is 1. The van der Waals surface area contributed by atoms with E-state index in [9.17, 15) is 14.9 Å². The maximum absolute atomic E-state index is 12.9. The summed E-state index contributed by atoms with van der Waals surface area (Å²) in [4.78, 5) is 36.0. The van der Waals surface area contributed by atoms with Crippen molar-refractivity contribution in [3.05, 3.63) is 95.7 Å². The molecule has 1 atom stereocenters. The number of aromatic nitrogens is 2. The molecule has 1 aliphatic heterocycles. The van der Waals surface area contributed by atoms with Crippen molar-refractivity contribution >= 4 is 28.9 Å². The minimum absolute atomic E-state index is 0.145. The van der Waals surface area contributed by atoms with E-state index in [-0.39, 0.29) is 24.9 Å². The lowest BCUT2D eigenvalue weighted by Gasteiger charge is -2.13. The van der Waals surface area contributed by atoms with Crippen LogP contribution in [0.15, 0.2) is 83.4 Å². The van der Waals surface area contributed by atoms with Gasteiger partial charge in [0, 0.05) is 34.0 Å². The van der Waals surface area contributed by atoms with Gasteiger partial charge in [-0.05, 0) is 60.5 Å². The van der Waals surface area contributed by atoms with Crippen LogP contribution < -0.4 is 15.0 Å². The van der Waals surface area contributed by atoms with Gasteiger partial charge in [-0.15, -0.1) is 0 Å². The molecule has 44 heavy (non-hydrogen) atoms. The van der Waals surface area contributed by atoms with Gasteiger partial charge < -0.3 is 19.2 Å². The third-order valence-corrected chi connectivity index (χ3v) is 7.47. The van der Waals surface area contributed by atoms with Crippen LogP contribution in [0, 0.1) is 11.3 Å². The number of methoxy groups -OCH3 is 1. The molecule has 10 nitrogen and oxygen atoms in total. The SMILES string of the molecule is COc1ccccc1-c1ccc(N2C[C@@H](CNC(=O)c3ccc(-c4nc5cc(C#N)cc(C(C)C)c5o4)cc3)OC2=O)nc1. The van der Waals surface area contributed by atoms with E-state index < -0.39 is 12.2 Å². The summed E-state index contributed by atoms with van der Waals surface area (Å²) in [6.07, 6.45) is 0.633. The number of carbonyl (C=O) groups excluding carboxylic acids is 2. The number of nitrogens with one attached hydrogen (secondary N) is 1. The number of anilines is 1. The Labute approximate surface area is 253 Å². The summed E-state index contributed by atoms with van der Waals surface area (Å²) in [6, 6.07) is 23.9. The quantitative estimate of drug-likeness (QED) is 0.223. The Hall–Kier alpha value is -5.69. The van der Waals surface area contributed by atoms with Crippen molar-refractivity contribution in [2.75, 3.05) is 25.1 Å². The largest absolute Gasteiger partial charge is 0.496 e. The zero-order valence-electron chi connectivity index (χ0n) is 24.4. The first-order valence-corrected chi connectivity index (χ1v) is 14.2. The Morgan fingerprint density at radius 1 is 1.11 bits per heavy atom. The number of nitriles is 1. The first-order valence-electron chi connectivity index (χ1n) is 14.2. The Morgan fingerprint density at radius 2 is 1.89 bits per heavy atom. The van der Waals surface area contributed by atoms with Gasteiger partial charge in [0.1, 0.15) is 23.2 Å². The normalized spacial score (nSPS) is 14.5. The molecular formula is C34H29N5O5. The second-order valence-electron chi connectivity index (χ2n) is 10.7. The van der Waals surface area contributed by atoms with E-state index in [1.54, 1.807) is 49.7 Å². The smallest absolute Gasteiger partial charge is 0.416 e. The van der Waals surface area contributed by atoms with Gasteiger partial charge in [-0.2, -0.15) is 5.26 Å². The van der Waals surface area contributed by atoms with Crippen molar-refractivity contribution in [1.29, 1.82) is 5.26 Å². The Bertz CT molecular complexity index is 1890. The second kappa shape index (κ2) is 11.9. The molecule has 10 heteroatoms. The van der Waals surface area contributed by atoms with Crippen LogP contribution in [-0.2, 0) is 4.74 Å². The molecule has 0 unspecified atom stereocenters. The molecule has 5 aromatic rings. The number of pyridine rings is 1. The summed E-state index contributed by atoms with van der Waals surface area (Å²) >= 11 is 0. The van der Waals surface area contributed by atoms with Crippen molar-refractivity contribution in [2.45, 2.75) is 25.9 Å². The first-order chi connectivity index (χ1) is 21.3. The number of rotatable bonds is 8. The van der Waals surface area contributed by atoms with Crippen LogP contribution in [0.2, 0.25) is 0 Å². The third kappa shape index (κ3) is 5.55. The number of amides is 2. The van der Waals surface area contributed by atoms with Crippen LogP contribution in [0.3, 0.4) is 0 Å². The maximum atomic E-state index is 12.9. The molecule has 0 spiro atoms. The number of para-hydroxylation sites is 1. The van der Waals surface area contributed by atoms with E-state index in [0.29, 0.717) is 39.5 Å². The lowest BCUT2D eigenvalue weighted by atomic mass is 10.00. The predicted molar refractivity (Wildman–Crippen MR) is 164 cm³/mol. The van der Waals surface area contributed by atoms with Gasteiger partial charge >= 0.3 is 6.09 Å². The van der Waals surface area contributed by atoms with Crippen LogP contribution in [0.1, 0.15) is 41.3 Å². The number of oxazole rings is 1. The van der Waals surface area contributed by atoms with E-state index >= 15 is 0 Å². The van der Waals surface area contributed by atoms with Crippen molar-refractivity contribution in [3.63, 3.8) is 0 Å². The average Bonchev–Trinajstić information content (AvgIpc) is 3.66. The Kier molecular flexibility index (Phi) is 7.69. The molecule has 1 aliphatic rings. The molecule has 6 rings (SSSR count). The fraction of sp³-hybridized carbons (Fsp3) is 0.206. The molecule has 2 amide bonds. The van der Waals surface area contributed by atoms with Crippen molar-refractivity contribution < 1.29 is 23.5 Å². The Balaban J connectivity index is 1.08. The highest BCUT2D eigenvalue weighted by atomic mass is 16.6. The minimum Gasteiger partial charge on any atom is -0.496 e. The number of ether oxygens (including phenoxy) is 2. The zero-order chi connectivity index (χ0) is 30.8. The fourth-order valence-electron chi connectivity index (χ4n) is 5.15. The topological polar surface area (TPSA) is 131 Å². The number of carbonyl (C=O) groups is 2. The van der Waals surface area contributed by atoms with Gasteiger partial charge in [0.05, 0.1) is 31.8 Å². The number of nitrogens with zero attached hydrogens (tertiary/aromatic N) is 4. The van der Waals surface area contributed by atoms with Gasteiger partial charge in [0.25, 0.3) is 5.91 Å². The van der Waals surface area contributed by atoms with Crippen molar-refractivity contribution in [2.24, 2.45) is 0 Å². The lowest BCUT2D eigenvalue weighted by Crippen LogP contribution is -2.34. The summed E-state index contributed by atoms with van der Waals surface area (Å²) in [6.45, 7) is 4.47. The molecule has 1 fully saturated rings. The minimum atomic E-state index is -0.533. The monoisotopic (exact) mass is 587 g/mol. The molecule has 1 saturated heterocycles. The highest BCUT2D eigenvalue weighted by Gasteiger charge is 2.33. The van der Waals surface area contributed by atoms with Crippen LogP contribution >= 0.6 is 0 Å². The number of hydrogen-bond acceptors (Lipinski definition) is 8. The molecule has 3 aromatic carbocycles. The summed E-state index contributed by atoms with van der Waals surface area (Å²) < 4.78 is 17.0. The maximum Gasteiger partial charge on any atom is 0.416 e. The zero-order valence-corrected chi connectivity index (χ0v) is 24.4. The van der Waals surface area contributed by atoms with E-state index in [1.165, 1.54) is 4.90 Å². The molecular weight excluding hydrogens is 558 g/mol. The molecule has 1 N–H and O–H groups in total. The van der Waals surface area contributed by atoms with E-state index in [0.717, 1.165) is 22.4 Å². The van der Waals surface area contributed by atoms with E-state index in [1.807, 2.05) is 50.2 Å². The van der Waals surface area contributed by atoms with E-state index in [2.05, 4.69) is 21.4 Å². The predicted octanol–water partition coefficient (Wildman–Crippen LogP) is 6.32. The Morgan fingerprint density at radius 3 is 2.59 bits per heavy atom. The molecule has 0 saturated carbocycles. The van der Waals surface area contributed by atoms with Gasteiger partial charge in [-0.1, -0.05) is 32.0 Å². The van der Waals surface area contributed by atoms with E-state index in [4.69, 9.17) is 13.9 Å². The lowest BCUT2D eigenvalue weighted by molar-refractivity contribution is 0.0916. The second-order valence-corrected chi connectivity index (χ2v) is 10.7. The summed E-state index contributed by atoms with van der Waals surface area (Å²) in [7, 11) is 1.62. The molecule has 220 valence electrons. The molecule has 0 radical (unpaired) electrons. The number of cyclic esters (lactones) is 1. The molecule has 0 bridgehead atoms. The number of benzene rings is 3. The third-order valence-electron chi connectivity index (χ3n) is 7.47. The van der Waals surface area contributed by atoms with Crippen LogP contribution in [0.25, 0.3) is 33.7 Å². The standard InChI is InChI=1S/C34H29N5O5/c1-20(2)27-14-21(16-35)15-28-31(27)44-33(38-28)23-10-8-22(9-11-23)32(40)37-18-25-19-39(34(41)43-25)30-13-12-24(17-36-30)26-6-4-5-7-29(26)42-3/h4-15,17,20,25H,18-19H2,1-3H3,(H,37,40)/t25-/m1/s1. The van der Waals surface area contributed by atoms with Gasteiger partial charge in [-0.3, -0.25) is 9.69 Å². The van der Waals surface area contributed by atoms with Crippen LogP contribution in [-0.4, -0.2) is 48.3 Å². The van der Waals surface area contributed by atoms with Crippen molar-refractivity contribution in [3.8, 4) is 34.4 Å². The molecule has 2 aromatic heterocycles. The van der Waals surface area contributed by atoms with Crippen molar-refractivity contribution in [1.82, 2.24) is 15.3 Å². The van der Waals surface area contributed by atoms with Gasteiger partial charge in [-0.25, -0.2) is 14.8 Å². The van der Waals surface area contributed by atoms with Crippen LogP contribution in [0.5, 0.6) is 5.75 Å².